The van der Waals surface area contributed by atoms with Crippen molar-refractivity contribution >= 4 is 27.5 Å². The van der Waals surface area contributed by atoms with Crippen LogP contribution in [0.5, 0.6) is 0 Å². The lowest BCUT2D eigenvalue weighted by Crippen LogP contribution is -2.14. The van der Waals surface area contributed by atoms with Crippen molar-refractivity contribution in [1.82, 2.24) is 0 Å². The fourth-order valence-electron chi connectivity index (χ4n) is 1.12. The van der Waals surface area contributed by atoms with Gasteiger partial charge in [0.1, 0.15) is 5.82 Å². The van der Waals surface area contributed by atoms with E-state index in [9.17, 15) is 9.18 Å². The summed E-state index contributed by atoms with van der Waals surface area (Å²) in [6.45, 7) is 2.81. The first-order valence-electron chi connectivity index (χ1n) is 4.96. The monoisotopic (exact) mass is 289 g/mol. The average molecular weight is 290 g/mol. The molecule has 0 aliphatic carbocycles. The molecule has 1 rings (SSSR count). The van der Waals surface area contributed by atoms with Crippen LogP contribution in [0.15, 0.2) is 22.7 Å². The molecule has 1 N–H and O–H groups in total. The molecule has 1 aromatic carbocycles. The van der Waals surface area contributed by atoms with E-state index in [1.165, 1.54) is 12.1 Å². The summed E-state index contributed by atoms with van der Waals surface area (Å²) in [5.41, 5.74) is 0.432. The first-order valence-corrected chi connectivity index (χ1v) is 5.75. The van der Waals surface area contributed by atoms with E-state index in [1.807, 2.05) is 6.92 Å². The third-order valence-electron chi connectivity index (χ3n) is 1.88. The summed E-state index contributed by atoms with van der Waals surface area (Å²) in [5.74, 6) is -0.581. The average Bonchev–Trinajstić information content (AvgIpc) is 2.24. The molecule has 3 nitrogen and oxygen atoms in total. The summed E-state index contributed by atoms with van der Waals surface area (Å²) in [6, 6.07) is 4.14. The molecule has 0 aromatic heterocycles. The van der Waals surface area contributed by atoms with E-state index in [1.54, 1.807) is 6.07 Å². The number of hydrogen-bond acceptors (Lipinski definition) is 2. The molecule has 0 spiro atoms. The Morgan fingerprint density at radius 2 is 2.31 bits per heavy atom. The van der Waals surface area contributed by atoms with Crippen LogP contribution in [-0.4, -0.2) is 19.1 Å². The molecule has 0 saturated heterocycles. The van der Waals surface area contributed by atoms with E-state index in [0.29, 0.717) is 23.4 Å². The van der Waals surface area contributed by atoms with Crippen LogP contribution in [0.3, 0.4) is 0 Å². The van der Waals surface area contributed by atoms with Crippen LogP contribution in [0.25, 0.3) is 0 Å². The number of rotatable bonds is 5. The van der Waals surface area contributed by atoms with E-state index in [-0.39, 0.29) is 18.1 Å². The minimum absolute atomic E-state index is 0.195. The van der Waals surface area contributed by atoms with E-state index < -0.39 is 0 Å². The second-order valence-corrected chi connectivity index (χ2v) is 3.97. The number of benzene rings is 1. The van der Waals surface area contributed by atoms with Crippen molar-refractivity contribution in [3.05, 3.63) is 28.5 Å². The largest absolute Gasteiger partial charge is 0.381 e. The molecule has 0 aliphatic heterocycles. The molecule has 0 atom stereocenters. The predicted octanol–water partition coefficient (Wildman–Crippen LogP) is 2.95. The minimum Gasteiger partial charge on any atom is -0.381 e. The Kier molecular flexibility index (Phi) is 5.42. The number of amides is 1. The molecule has 0 heterocycles. The zero-order chi connectivity index (χ0) is 12.0. The molecule has 0 radical (unpaired) electrons. The van der Waals surface area contributed by atoms with Crippen LogP contribution in [0.2, 0.25) is 0 Å². The van der Waals surface area contributed by atoms with Crippen molar-refractivity contribution in [2.45, 2.75) is 13.3 Å². The molecule has 0 saturated carbocycles. The molecule has 0 fully saturated rings. The summed E-state index contributed by atoms with van der Waals surface area (Å²) < 4.78 is 18.6. The van der Waals surface area contributed by atoms with Gasteiger partial charge in [-0.2, -0.15) is 0 Å². The zero-order valence-electron chi connectivity index (χ0n) is 8.93. The highest BCUT2D eigenvalue weighted by Gasteiger charge is 2.06. The highest BCUT2D eigenvalue weighted by molar-refractivity contribution is 9.10. The Labute approximate surface area is 102 Å². The highest BCUT2D eigenvalue weighted by atomic mass is 79.9. The van der Waals surface area contributed by atoms with Gasteiger partial charge < -0.3 is 10.1 Å². The maximum Gasteiger partial charge on any atom is 0.226 e. The van der Waals surface area contributed by atoms with E-state index in [4.69, 9.17) is 4.74 Å². The third-order valence-corrected chi connectivity index (χ3v) is 2.57. The van der Waals surface area contributed by atoms with Gasteiger partial charge in [0.2, 0.25) is 5.91 Å². The van der Waals surface area contributed by atoms with Gasteiger partial charge in [-0.3, -0.25) is 4.79 Å². The van der Waals surface area contributed by atoms with Gasteiger partial charge in [0.15, 0.2) is 0 Å². The van der Waals surface area contributed by atoms with Crippen molar-refractivity contribution in [3.8, 4) is 0 Å². The predicted molar refractivity (Wildman–Crippen MR) is 63.8 cm³/mol. The number of halogens is 2. The van der Waals surface area contributed by atoms with Gasteiger partial charge in [-0.25, -0.2) is 4.39 Å². The van der Waals surface area contributed by atoms with Gasteiger partial charge in [0.25, 0.3) is 0 Å². The maximum atomic E-state index is 12.9. The zero-order valence-corrected chi connectivity index (χ0v) is 10.5. The Balaban J connectivity index is 2.52. The van der Waals surface area contributed by atoms with Gasteiger partial charge >= 0.3 is 0 Å². The van der Waals surface area contributed by atoms with Crippen LogP contribution in [0.1, 0.15) is 13.3 Å². The quantitative estimate of drug-likeness (QED) is 0.847. The van der Waals surface area contributed by atoms with Crippen LogP contribution in [0.4, 0.5) is 10.1 Å². The summed E-state index contributed by atoms with van der Waals surface area (Å²) in [4.78, 5) is 11.4. The normalized spacial score (nSPS) is 10.2. The molecule has 1 aromatic rings. The van der Waals surface area contributed by atoms with Crippen molar-refractivity contribution in [2.75, 3.05) is 18.5 Å². The topological polar surface area (TPSA) is 38.3 Å². The van der Waals surface area contributed by atoms with Gasteiger partial charge in [0, 0.05) is 11.1 Å². The lowest BCUT2D eigenvalue weighted by Gasteiger charge is -2.07. The van der Waals surface area contributed by atoms with Crippen molar-refractivity contribution in [1.29, 1.82) is 0 Å². The van der Waals surface area contributed by atoms with E-state index >= 15 is 0 Å². The second-order valence-electron chi connectivity index (χ2n) is 3.12. The standard InChI is InChI=1S/C11H13BrFNO2/c1-2-16-6-5-11(15)14-10-7-8(13)3-4-9(10)12/h3-4,7H,2,5-6H2,1H3,(H,14,15). The van der Waals surface area contributed by atoms with Crippen molar-refractivity contribution in [3.63, 3.8) is 0 Å². The Hall–Kier alpha value is -0.940. The third kappa shape index (κ3) is 4.28. The Morgan fingerprint density at radius 3 is 3.00 bits per heavy atom. The molecule has 88 valence electrons. The Morgan fingerprint density at radius 1 is 1.56 bits per heavy atom. The lowest BCUT2D eigenvalue weighted by atomic mass is 10.3. The molecule has 1 amide bonds. The lowest BCUT2D eigenvalue weighted by molar-refractivity contribution is -0.117. The number of ether oxygens (including phenoxy) is 1. The molecule has 5 heteroatoms. The number of nitrogens with one attached hydrogen (secondary N) is 1. The fourth-order valence-corrected chi connectivity index (χ4v) is 1.46. The highest BCUT2D eigenvalue weighted by Crippen LogP contribution is 2.23. The summed E-state index contributed by atoms with van der Waals surface area (Å²) >= 11 is 3.23. The Bertz CT molecular complexity index is 371. The molecular weight excluding hydrogens is 277 g/mol. The summed E-state index contributed by atoms with van der Waals surface area (Å²) in [6.07, 6.45) is 0.261. The minimum atomic E-state index is -0.386. The van der Waals surface area contributed by atoms with E-state index in [2.05, 4.69) is 21.2 Å². The first-order chi connectivity index (χ1) is 7.63. The van der Waals surface area contributed by atoms with Crippen LogP contribution in [-0.2, 0) is 9.53 Å². The molecular formula is C11H13BrFNO2. The van der Waals surface area contributed by atoms with Crippen LogP contribution < -0.4 is 5.32 Å². The van der Waals surface area contributed by atoms with Gasteiger partial charge in [0.05, 0.1) is 18.7 Å². The first kappa shape index (κ1) is 13.1. The summed E-state index contributed by atoms with van der Waals surface area (Å²) in [5, 5.41) is 2.60. The van der Waals surface area contributed by atoms with Gasteiger partial charge in [-0.05, 0) is 41.1 Å². The maximum absolute atomic E-state index is 12.9. The SMILES string of the molecule is CCOCCC(=O)Nc1cc(F)ccc1Br. The number of anilines is 1. The molecule has 0 bridgehead atoms. The van der Waals surface area contributed by atoms with E-state index in [0.717, 1.165) is 0 Å². The molecule has 16 heavy (non-hydrogen) atoms. The van der Waals surface area contributed by atoms with Gasteiger partial charge in [-0.1, -0.05) is 0 Å². The van der Waals surface area contributed by atoms with Crippen molar-refractivity contribution in [2.24, 2.45) is 0 Å². The number of carbonyl (C=O) groups is 1. The molecule has 0 aliphatic rings. The smallest absolute Gasteiger partial charge is 0.226 e. The molecule has 0 unspecified atom stereocenters. The van der Waals surface area contributed by atoms with Crippen LogP contribution >= 0.6 is 15.9 Å². The van der Waals surface area contributed by atoms with Gasteiger partial charge in [-0.15, -0.1) is 0 Å². The number of hydrogen-bond donors (Lipinski definition) is 1. The van der Waals surface area contributed by atoms with Crippen LogP contribution in [0, 0.1) is 5.82 Å². The fraction of sp³-hybridized carbons (Fsp3) is 0.364. The van der Waals surface area contributed by atoms with Crippen molar-refractivity contribution < 1.29 is 13.9 Å². The number of carbonyl (C=O) groups excluding carboxylic acids is 1. The summed E-state index contributed by atoms with van der Waals surface area (Å²) in [7, 11) is 0. The second kappa shape index (κ2) is 6.60.